The van der Waals surface area contributed by atoms with Gasteiger partial charge in [-0.05, 0) is 18.6 Å². The fourth-order valence-corrected chi connectivity index (χ4v) is 3.26. The molecule has 0 saturated carbocycles. The lowest BCUT2D eigenvalue weighted by molar-refractivity contribution is -0.116. The highest BCUT2D eigenvalue weighted by molar-refractivity contribution is 7.13. The summed E-state index contributed by atoms with van der Waals surface area (Å²) in [5.74, 6) is 0.805. The number of aromatic nitrogens is 1. The minimum atomic E-state index is -0.0241. The van der Waals surface area contributed by atoms with Gasteiger partial charge in [-0.1, -0.05) is 18.2 Å². The molecule has 0 bridgehead atoms. The van der Waals surface area contributed by atoms with Crippen molar-refractivity contribution in [1.29, 1.82) is 0 Å². The van der Waals surface area contributed by atoms with Crippen LogP contribution in [0.2, 0.25) is 0 Å². The van der Waals surface area contributed by atoms with Gasteiger partial charge in [-0.25, -0.2) is 4.98 Å². The van der Waals surface area contributed by atoms with E-state index in [4.69, 9.17) is 9.47 Å². The molecule has 1 aromatic carbocycles. The van der Waals surface area contributed by atoms with Gasteiger partial charge >= 0.3 is 0 Å². The Bertz CT molecular complexity index is 657. The molecule has 6 nitrogen and oxygen atoms in total. The van der Waals surface area contributed by atoms with Gasteiger partial charge in [-0.3, -0.25) is 9.69 Å². The predicted molar refractivity (Wildman–Crippen MR) is 98.0 cm³/mol. The van der Waals surface area contributed by atoms with E-state index in [9.17, 15) is 4.79 Å². The average Bonchev–Trinajstić information content (AvgIpc) is 3.07. The summed E-state index contributed by atoms with van der Waals surface area (Å²) >= 11 is 1.47. The number of nitrogens with one attached hydrogen (secondary N) is 1. The smallest absolute Gasteiger partial charge is 0.226 e. The highest BCUT2D eigenvalue weighted by Crippen LogP contribution is 2.17. The van der Waals surface area contributed by atoms with Crippen LogP contribution in [0.4, 0.5) is 5.13 Å². The first-order chi connectivity index (χ1) is 12.3. The Kier molecular flexibility index (Phi) is 6.79. The predicted octanol–water partition coefficient (Wildman–Crippen LogP) is 2.77. The molecule has 1 amide bonds. The topological polar surface area (TPSA) is 63.7 Å². The molecular formula is C18H23N3O3S. The third-order valence-corrected chi connectivity index (χ3v) is 4.65. The first kappa shape index (κ1) is 17.8. The SMILES string of the molecule is O=C(CCCOc1ccccc1)Nc1nc(CN2CCOCC2)cs1. The van der Waals surface area contributed by atoms with Gasteiger partial charge in [-0.15, -0.1) is 11.3 Å². The summed E-state index contributed by atoms with van der Waals surface area (Å²) in [4.78, 5) is 18.8. The van der Waals surface area contributed by atoms with E-state index in [-0.39, 0.29) is 5.91 Å². The molecule has 1 N–H and O–H groups in total. The fraction of sp³-hybridized carbons (Fsp3) is 0.444. The molecule has 0 aliphatic carbocycles. The number of benzene rings is 1. The number of anilines is 1. The average molecular weight is 361 g/mol. The molecule has 0 spiro atoms. The molecule has 2 aromatic rings. The second-order valence-corrected chi connectivity index (χ2v) is 6.70. The number of carbonyl (C=O) groups is 1. The van der Waals surface area contributed by atoms with Gasteiger partial charge in [0, 0.05) is 31.4 Å². The number of amides is 1. The van der Waals surface area contributed by atoms with E-state index in [0.717, 1.165) is 44.3 Å². The number of para-hydroxylation sites is 1. The lowest BCUT2D eigenvalue weighted by Gasteiger charge is -2.25. The van der Waals surface area contributed by atoms with Crippen molar-refractivity contribution in [2.45, 2.75) is 19.4 Å². The summed E-state index contributed by atoms with van der Waals surface area (Å²) in [7, 11) is 0. The summed E-state index contributed by atoms with van der Waals surface area (Å²) in [6, 6.07) is 9.62. The molecule has 0 unspecified atom stereocenters. The summed E-state index contributed by atoms with van der Waals surface area (Å²) in [6.07, 6.45) is 1.10. The second-order valence-electron chi connectivity index (χ2n) is 5.85. The zero-order chi connectivity index (χ0) is 17.3. The van der Waals surface area contributed by atoms with Crippen LogP contribution in [0.25, 0.3) is 0 Å². The van der Waals surface area contributed by atoms with Crippen LogP contribution in [0, 0.1) is 0 Å². The number of rotatable bonds is 8. The van der Waals surface area contributed by atoms with E-state index in [1.54, 1.807) is 0 Å². The van der Waals surface area contributed by atoms with Crippen LogP contribution in [0.3, 0.4) is 0 Å². The third kappa shape index (κ3) is 6.12. The molecule has 3 rings (SSSR count). The molecule has 0 radical (unpaired) electrons. The molecule has 1 saturated heterocycles. The number of thiazole rings is 1. The van der Waals surface area contributed by atoms with Crippen molar-refractivity contribution in [3.05, 3.63) is 41.4 Å². The Balaban J connectivity index is 1.35. The number of hydrogen-bond donors (Lipinski definition) is 1. The van der Waals surface area contributed by atoms with E-state index in [1.807, 2.05) is 35.7 Å². The van der Waals surface area contributed by atoms with Crippen molar-refractivity contribution >= 4 is 22.4 Å². The largest absolute Gasteiger partial charge is 0.494 e. The number of hydrogen-bond acceptors (Lipinski definition) is 6. The minimum absolute atomic E-state index is 0.0241. The van der Waals surface area contributed by atoms with Crippen molar-refractivity contribution in [3.8, 4) is 5.75 Å². The fourth-order valence-electron chi connectivity index (χ4n) is 2.55. The third-order valence-electron chi connectivity index (χ3n) is 3.85. The van der Waals surface area contributed by atoms with Crippen LogP contribution < -0.4 is 10.1 Å². The molecule has 25 heavy (non-hydrogen) atoms. The Morgan fingerprint density at radius 2 is 2.08 bits per heavy atom. The van der Waals surface area contributed by atoms with Gasteiger partial charge in [0.2, 0.25) is 5.91 Å². The van der Waals surface area contributed by atoms with Gasteiger partial charge in [0.1, 0.15) is 5.75 Å². The molecule has 134 valence electrons. The lowest BCUT2D eigenvalue weighted by atomic mass is 10.3. The summed E-state index contributed by atoms with van der Waals surface area (Å²) in [5, 5.41) is 5.54. The standard InChI is InChI=1S/C18H23N3O3S/c22-17(7-4-10-24-16-5-2-1-3-6-16)20-18-19-15(14-25-18)13-21-8-11-23-12-9-21/h1-3,5-6,14H,4,7-13H2,(H,19,20,22). The maximum atomic E-state index is 12.0. The van der Waals surface area contributed by atoms with Crippen LogP contribution in [0.15, 0.2) is 35.7 Å². The van der Waals surface area contributed by atoms with Gasteiger partial charge in [0.05, 0.1) is 25.5 Å². The molecule has 1 aromatic heterocycles. The van der Waals surface area contributed by atoms with Gasteiger partial charge in [0.25, 0.3) is 0 Å². The first-order valence-corrected chi connectivity index (χ1v) is 9.40. The van der Waals surface area contributed by atoms with Gasteiger partial charge in [-0.2, -0.15) is 0 Å². The summed E-state index contributed by atoms with van der Waals surface area (Å²) in [6.45, 7) is 4.75. The van der Waals surface area contributed by atoms with E-state index < -0.39 is 0 Å². The molecule has 1 fully saturated rings. The maximum absolute atomic E-state index is 12.0. The number of ether oxygens (including phenoxy) is 2. The summed E-state index contributed by atoms with van der Waals surface area (Å²) in [5.41, 5.74) is 0.995. The Hall–Kier alpha value is -1.96. The van der Waals surface area contributed by atoms with Gasteiger partial charge < -0.3 is 14.8 Å². The monoisotopic (exact) mass is 361 g/mol. The van der Waals surface area contributed by atoms with Crippen LogP contribution >= 0.6 is 11.3 Å². The highest BCUT2D eigenvalue weighted by atomic mass is 32.1. The lowest BCUT2D eigenvalue weighted by Crippen LogP contribution is -2.35. The summed E-state index contributed by atoms with van der Waals surface area (Å²) < 4.78 is 10.9. The van der Waals surface area contributed by atoms with Crippen LogP contribution in [0.1, 0.15) is 18.5 Å². The molecule has 1 aliphatic rings. The van der Waals surface area contributed by atoms with Crippen LogP contribution in [-0.4, -0.2) is 48.7 Å². The zero-order valence-corrected chi connectivity index (χ0v) is 15.0. The zero-order valence-electron chi connectivity index (χ0n) is 14.1. The highest BCUT2D eigenvalue weighted by Gasteiger charge is 2.13. The van der Waals surface area contributed by atoms with Crippen molar-refractivity contribution < 1.29 is 14.3 Å². The van der Waals surface area contributed by atoms with E-state index in [2.05, 4.69) is 15.2 Å². The van der Waals surface area contributed by atoms with E-state index >= 15 is 0 Å². The Morgan fingerprint density at radius 3 is 2.88 bits per heavy atom. The van der Waals surface area contributed by atoms with E-state index in [0.29, 0.717) is 24.6 Å². The van der Waals surface area contributed by atoms with Crippen molar-refractivity contribution in [2.75, 3.05) is 38.2 Å². The van der Waals surface area contributed by atoms with Crippen molar-refractivity contribution in [3.63, 3.8) is 0 Å². The van der Waals surface area contributed by atoms with Crippen molar-refractivity contribution in [2.24, 2.45) is 0 Å². The second kappa shape index (κ2) is 9.50. The van der Waals surface area contributed by atoms with Crippen molar-refractivity contribution in [1.82, 2.24) is 9.88 Å². The van der Waals surface area contributed by atoms with E-state index in [1.165, 1.54) is 11.3 Å². The number of morpholine rings is 1. The quantitative estimate of drug-likeness (QED) is 0.733. The molecule has 2 heterocycles. The van der Waals surface area contributed by atoms with Crippen LogP contribution in [0.5, 0.6) is 5.75 Å². The molecule has 1 aliphatic heterocycles. The number of nitrogens with zero attached hydrogens (tertiary/aromatic N) is 2. The van der Waals surface area contributed by atoms with Crippen LogP contribution in [-0.2, 0) is 16.1 Å². The molecular weight excluding hydrogens is 338 g/mol. The molecule has 0 atom stereocenters. The minimum Gasteiger partial charge on any atom is -0.494 e. The Morgan fingerprint density at radius 1 is 1.28 bits per heavy atom. The molecule has 7 heteroatoms. The number of carbonyl (C=O) groups excluding carboxylic acids is 1. The normalized spacial score (nSPS) is 15.0. The first-order valence-electron chi connectivity index (χ1n) is 8.52. The van der Waals surface area contributed by atoms with Gasteiger partial charge in [0.15, 0.2) is 5.13 Å². The maximum Gasteiger partial charge on any atom is 0.226 e. The Labute approximate surface area is 151 Å².